The molecule has 2 N–H and O–H groups in total. The number of H-pyrrole nitrogens is 2. The summed E-state index contributed by atoms with van der Waals surface area (Å²) in [5.74, 6) is -1.31. The van der Waals surface area contributed by atoms with Crippen molar-refractivity contribution in [2.75, 3.05) is 13.7 Å². The quantitative estimate of drug-likeness (QED) is 0.146. The van der Waals surface area contributed by atoms with E-state index in [9.17, 15) is 14.4 Å². The fourth-order valence-corrected chi connectivity index (χ4v) is 6.82. The highest BCUT2D eigenvalue weighted by molar-refractivity contribution is 6.24. The molecule has 0 radical (unpaired) electrons. The third-order valence-corrected chi connectivity index (χ3v) is 9.66. The number of aryl methyl sites for hydroxylation is 2. The molecule has 2 amide bonds. The summed E-state index contributed by atoms with van der Waals surface area (Å²) in [6.45, 7) is 21.8. The minimum Gasteiger partial charge on any atom is -0.469 e. The van der Waals surface area contributed by atoms with Crippen LogP contribution in [0.1, 0.15) is 100 Å². The number of aromatic amines is 2. The van der Waals surface area contributed by atoms with Crippen LogP contribution in [0.5, 0.6) is 0 Å². The number of amides is 2. The summed E-state index contributed by atoms with van der Waals surface area (Å²) < 4.78 is 4.96. The van der Waals surface area contributed by atoms with Gasteiger partial charge in [0.05, 0.1) is 53.1 Å². The lowest BCUT2D eigenvalue weighted by Gasteiger charge is -2.26. The van der Waals surface area contributed by atoms with E-state index in [0.29, 0.717) is 39.1 Å². The van der Waals surface area contributed by atoms with Crippen molar-refractivity contribution >= 4 is 68.2 Å². The highest BCUT2D eigenvalue weighted by atomic mass is 16.5. The Balaban J connectivity index is 1.82. The summed E-state index contributed by atoms with van der Waals surface area (Å²) in [7, 11) is 1.35. The van der Waals surface area contributed by atoms with E-state index >= 15 is 0 Å². The summed E-state index contributed by atoms with van der Waals surface area (Å²) in [6.07, 6.45) is 4.50. The summed E-state index contributed by atoms with van der Waals surface area (Å²) in [6, 6.07) is 5.95. The number of nitrogens with zero attached hydrogens (tertiary/aromatic N) is 3. The molecule has 0 spiro atoms. The number of nitrogens with one attached hydrogen (secondary N) is 2. The zero-order chi connectivity index (χ0) is 34.6. The SMILES string of the molecule is C=CC(=C)CN1C(=O)c2c3nc(cc4[nH]c(cc5nc(cc6[nH]c2c(c6C)C1=O)C(CC)=C5C)c(C=C)c4C)C(C)=C3CCC(=O)OC. The molecule has 48 heavy (non-hydrogen) atoms. The summed E-state index contributed by atoms with van der Waals surface area (Å²) >= 11 is 0. The second kappa shape index (κ2) is 12.2. The first-order valence-corrected chi connectivity index (χ1v) is 16.0. The Hall–Kier alpha value is -5.57. The zero-order valence-electron chi connectivity index (χ0n) is 28.3. The van der Waals surface area contributed by atoms with Crippen LogP contribution in [-0.4, -0.2) is 56.3 Å². The van der Waals surface area contributed by atoms with E-state index in [1.165, 1.54) is 18.1 Å². The second-order valence-corrected chi connectivity index (χ2v) is 12.3. The van der Waals surface area contributed by atoms with E-state index in [0.717, 1.165) is 62.3 Å². The van der Waals surface area contributed by atoms with Crippen LogP contribution in [0.4, 0.5) is 0 Å². The number of rotatable bonds is 8. The first-order valence-electron chi connectivity index (χ1n) is 16.0. The minimum atomic E-state index is -0.506. The number of allylic oxidation sites excluding steroid dienone is 4. The molecule has 6 heterocycles. The molecule has 8 bridgehead atoms. The zero-order valence-corrected chi connectivity index (χ0v) is 28.3. The third kappa shape index (κ3) is 5.06. The maximum atomic E-state index is 14.5. The molecule has 0 aliphatic carbocycles. The van der Waals surface area contributed by atoms with Crippen molar-refractivity contribution in [2.24, 2.45) is 0 Å². The number of ether oxygens (including phenoxy) is 1. The Morgan fingerprint density at radius 1 is 0.875 bits per heavy atom. The van der Waals surface area contributed by atoms with E-state index in [1.807, 2.05) is 45.0 Å². The number of carbonyl (C=O) groups excluding carboxylic acids is 3. The van der Waals surface area contributed by atoms with E-state index < -0.39 is 11.8 Å². The highest BCUT2D eigenvalue weighted by Crippen LogP contribution is 2.41. The van der Waals surface area contributed by atoms with Crippen LogP contribution in [0.2, 0.25) is 0 Å². The number of hydrogen-bond donors (Lipinski definition) is 2. The topological polar surface area (TPSA) is 121 Å². The monoisotopic (exact) mass is 641 g/mol. The molecule has 3 aliphatic heterocycles. The molecular formula is C39H39N5O4. The summed E-state index contributed by atoms with van der Waals surface area (Å²) in [5, 5.41) is 0. The van der Waals surface area contributed by atoms with Crippen molar-refractivity contribution in [3.05, 3.63) is 100 Å². The van der Waals surface area contributed by atoms with Crippen LogP contribution >= 0.6 is 0 Å². The van der Waals surface area contributed by atoms with Gasteiger partial charge in [0.25, 0.3) is 11.8 Å². The Morgan fingerprint density at radius 3 is 2.17 bits per heavy atom. The van der Waals surface area contributed by atoms with Crippen LogP contribution in [0.15, 0.2) is 49.6 Å². The number of imide groups is 1. The molecule has 6 rings (SSSR count). The fraction of sp³-hybridized carbons (Fsp3) is 0.256. The number of carbonyl (C=O) groups is 3. The normalized spacial score (nSPS) is 14.2. The predicted molar refractivity (Wildman–Crippen MR) is 192 cm³/mol. The van der Waals surface area contributed by atoms with Crippen molar-refractivity contribution < 1.29 is 19.1 Å². The van der Waals surface area contributed by atoms with Crippen molar-refractivity contribution in [3.8, 4) is 0 Å². The van der Waals surface area contributed by atoms with Gasteiger partial charge >= 0.3 is 5.97 Å². The third-order valence-electron chi connectivity index (χ3n) is 9.66. The maximum absolute atomic E-state index is 14.5. The number of methoxy groups -OCH3 is 1. The average molecular weight is 642 g/mol. The molecule has 0 unspecified atom stereocenters. The lowest BCUT2D eigenvalue weighted by atomic mass is 9.94. The highest BCUT2D eigenvalue weighted by Gasteiger charge is 2.38. The first kappa shape index (κ1) is 32.4. The van der Waals surface area contributed by atoms with Crippen LogP contribution in [0.25, 0.3) is 50.4 Å². The van der Waals surface area contributed by atoms with Gasteiger partial charge in [0.2, 0.25) is 0 Å². The van der Waals surface area contributed by atoms with E-state index in [2.05, 4.69) is 43.6 Å². The van der Waals surface area contributed by atoms with Gasteiger partial charge in [-0.3, -0.25) is 19.3 Å². The summed E-state index contributed by atoms with van der Waals surface area (Å²) in [5.41, 5.74) is 12.9. The Bertz CT molecular complexity index is 2240. The molecule has 3 aromatic heterocycles. The number of hydrogen-bond acceptors (Lipinski definition) is 6. The van der Waals surface area contributed by atoms with Crippen molar-refractivity contribution in [3.63, 3.8) is 0 Å². The van der Waals surface area contributed by atoms with Gasteiger partial charge in [-0.25, -0.2) is 9.97 Å². The van der Waals surface area contributed by atoms with Crippen LogP contribution < -0.4 is 0 Å². The lowest BCUT2D eigenvalue weighted by molar-refractivity contribution is -0.140. The van der Waals surface area contributed by atoms with Crippen LogP contribution in [-0.2, 0) is 9.53 Å². The molecule has 0 fully saturated rings. The maximum Gasteiger partial charge on any atom is 0.305 e. The van der Waals surface area contributed by atoms with Crippen molar-refractivity contribution in [2.45, 2.75) is 53.9 Å². The molecule has 0 atom stereocenters. The van der Waals surface area contributed by atoms with Crippen molar-refractivity contribution in [1.29, 1.82) is 0 Å². The van der Waals surface area contributed by atoms with Gasteiger partial charge in [0, 0.05) is 28.5 Å². The Morgan fingerprint density at radius 2 is 1.50 bits per heavy atom. The molecule has 0 aromatic carbocycles. The second-order valence-electron chi connectivity index (χ2n) is 12.3. The smallest absolute Gasteiger partial charge is 0.305 e. The Kier molecular flexibility index (Phi) is 8.24. The van der Waals surface area contributed by atoms with Gasteiger partial charge in [0.1, 0.15) is 0 Å². The number of esters is 1. The predicted octanol–water partition coefficient (Wildman–Crippen LogP) is 8.14. The first-order chi connectivity index (χ1) is 22.9. The average Bonchev–Trinajstić information content (AvgIpc) is 3.74. The fourth-order valence-electron chi connectivity index (χ4n) is 6.82. The Labute approximate surface area is 279 Å². The molecule has 244 valence electrons. The van der Waals surface area contributed by atoms with Gasteiger partial charge in [-0.1, -0.05) is 38.8 Å². The molecule has 9 nitrogen and oxygen atoms in total. The van der Waals surface area contributed by atoms with E-state index in [4.69, 9.17) is 14.7 Å². The van der Waals surface area contributed by atoms with Gasteiger partial charge < -0.3 is 14.7 Å². The molecule has 9 heteroatoms. The van der Waals surface area contributed by atoms with E-state index in [1.54, 1.807) is 0 Å². The molecule has 3 aromatic rings. The molecule has 0 saturated carbocycles. The van der Waals surface area contributed by atoms with Gasteiger partial charge in [-0.15, -0.1) is 0 Å². The van der Waals surface area contributed by atoms with Crippen LogP contribution in [0, 0.1) is 13.8 Å². The molecule has 0 saturated heterocycles. The largest absolute Gasteiger partial charge is 0.469 e. The lowest BCUT2D eigenvalue weighted by Crippen LogP contribution is -2.41. The van der Waals surface area contributed by atoms with E-state index in [-0.39, 0.29) is 30.9 Å². The summed E-state index contributed by atoms with van der Waals surface area (Å²) in [4.78, 5) is 59.3. The number of aromatic nitrogens is 4. The van der Waals surface area contributed by atoms with Gasteiger partial charge in [0.15, 0.2) is 0 Å². The van der Waals surface area contributed by atoms with Crippen LogP contribution in [0.3, 0.4) is 0 Å². The molecular weight excluding hydrogens is 602 g/mol. The number of fused-ring (bicyclic) bond motifs is 8. The van der Waals surface area contributed by atoms with Gasteiger partial charge in [-0.2, -0.15) is 0 Å². The molecule has 3 aliphatic rings. The van der Waals surface area contributed by atoms with Crippen molar-refractivity contribution in [1.82, 2.24) is 24.8 Å². The standard InChI is InChI=1S/C39H39N5O4/c1-10-19(4)18-44-38(46)34-23(8)30-17-32-25(12-3)21(6)28(41-32)16-31-24(11-2)20(5)27(40-31)15-29-22(7)26(13-14-33(45)48-9)36(42-29)35(39(44)47)37(34)43-30/h10-11,15-17,40,43H,1-2,4,12-14,18H2,3,5-9H3. The van der Waals surface area contributed by atoms with Gasteiger partial charge in [-0.05, 0) is 97.7 Å². The minimum absolute atomic E-state index is 0.0263.